The van der Waals surface area contributed by atoms with Crippen LogP contribution >= 0.6 is 11.8 Å². The fraction of sp³-hybridized carbons (Fsp3) is 0.238. The summed E-state index contributed by atoms with van der Waals surface area (Å²) in [6.07, 6.45) is 1.78. The molecule has 4 aromatic rings. The molecule has 2 aromatic carbocycles. The molecule has 2 aromatic heterocycles. The van der Waals surface area contributed by atoms with Gasteiger partial charge in [-0.2, -0.15) is 4.98 Å². The van der Waals surface area contributed by atoms with Crippen LogP contribution in [0.4, 0.5) is 0 Å². The monoisotopic (exact) mass is 407 g/mol. The van der Waals surface area contributed by atoms with Crippen molar-refractivity contribution in [2.75, 3.05) is 7.11 Å². The van der Waals surface area contributed by atoms with Crippen molar-refractivity contribution in [3.05, 3.63) is 71.9 Å². The molecule has 0 radical (unpaired) electrons. The molecule has 0 atom stereocenters. The first-order valence-electron chi connectivity index (χ1n) is 9.25. The van der Waals surface area contributed by atoms with E-state index in [-0.39, 0.29) is 0 Å². The van der Waals surface area contributed by atoms with Crippen molar-refractivity contribution in [3.63, 3.8) is 0 Å². The van der Waals surface area contributed by atoms with E-state index in [1.54, 1.807) is 7.11 Å². The topological polar surface area (TPSA) is 78.9 Å². The number of aryl methyl sites for hydroxylation is 2. The summed E-state index contributed by atoms with van der Waals surface area (Å²) >= 11 is 1.53. The van der Waals surface area contributed by atoms with Crippen LogP contribution in [0, 0.1) is 0 Å². The van der Waals surface area contributed by atoms with Gasteiger partial charge in [0.05, 0.1) is 12.9 Å². The van der Waals surface area contributed by atoms with Crippen molar-refractivity contribution in [2.24, 2.45) is 7.05 Å². The van der Waals surface area contributed by atoms with E-state index < -0.39 is 0 Å². The van der Waals surface area contributed by atoms with Crippen molar-refractivity contribution in [3.8, 4) is 17.1 Å². The summed E-state index contributed by atoms with van der Waals surface area (Å²) in [5.41, 5.74) is 2.18. The van der Waals surface area contributed by atoms with Gasteiger partial charge in [0, 0.05) is 19.0 Å². The molecule has 0 aliphatic carbocycles. The van der Waals surface area contributed by atoms with E-state index in [1.807, 2.05) is 41.9 Å². The number of hydrogen-bond donors (Lipinski definition) is 0. The molecule has 8 heteroatoms. The zero-order chi connectivity index (χ0) is 20.1. The number of ether oxygens (including phenoxy) is 1. The number of benzene rings is 2. The number of aromatic nitrogens is 5. The molecule has 0 saturated carbocycles. The maximum atomic E-state index is 5.38. The Balaban J connectivity index is 1.36. The number of methoxy groups -OCH3 is 1. The molecule has 0 aliphatic rings. The van der Waals surface area contributed by atoms with Crippen LogP contribution < -0.4 is 4.74 Å². The summed E-state index contributed by atoms with van der Waals surface area (Å²) in [6, 6.07) is 17.9. The third-order valence-corrected chi connectivity index (χ3v) is 5.55. The Morgan fingerprint density at radius 2 is 1.79 bits per heavy atom. The third-order valence-electron chi connectivity index (χ3n) is 4.55. The van der Waals surface area contributed by atoms with Gasteiger partial charge in [0.25, 0.3) is 0 Å². The quantitative estimate of drug-likeness (QED) is 0.409. The Bertz CT molecular complexity index is 1060. The average molecular weight is 407 g/mol. The lowest BCUT2D eigenvalue weighted by molar-refractivity contribution is 0.391. The first kappa shape index (κ1) is 19.2. The molecule has 0 bridgehead atoms. The van der Waals surface area contributed by atoms with Crippen molar-refractivity contribution < 1.29 is 9.26 Å². The molecule has 0 unspecified atom stereocenters. The predicted molar refractivity (Wildman–Crippen MR) is 111 cm³/mol. The van der Waals surface area contributed by atoms with Gasteiger partial charge in [0.1, 0.15) is 11.6 Å². The minimum Gasteiger partial charge on any atom is -0.497 e. The molecule has 4 rings (SSSR count). The van der Waals surface area contributed by atoms with Crippen LogP contribution in [0.1, 0.15) is 17.3 Å². The van der Waals surface area contributed by atoms with Crippen molar-refractivity contribution in [1.29, 1.82) is 0 Å². The average Bonchev–Trinajstić information content (AvgIpc) is 3.38. The summed E-state index contributed by atoms with van der Waals surface area (Å²) in [4.78, 5) is 4.47. The molecule has 148 valence electrons. The van der Waals surface area contributed by atoms with Crippen LogP contribution in [0.15, 0.2) is 64.3 Å². The van der Waals surface area contributed by atoms with Crippen LogP contribution in [-0.4, -0.2) is 32.0 Å². The molecule has 0 saturated heterocycles. The highest BCUT2D eigenvalue weighted by Gasteiger charge is 2.13. The molecule has 0 aliphatic heterocycles. The number of hydrogen-bond acceptors (Lipinski definition) is 7. The molecular formula is C21H21N5O2S. The van der Waals surface area contributed by atoms with Crippen LogP contribution in [0.2, 0.25) is 0 Å². The van der Waals surface area contributed by atoms with E-state index in [2.05, 4.69) is 44.6 Å². The first-order chi connectivity index (χ1) is 14.2. The second kappa shape index (κ2) is 8.91. The van der Waals surface area contributed by atoms with Gasteiger partial charge in [0.15, 0.2) is 5.16 Å². The number of rotatable bonds is 8. The van der Waals surface area contributed by atoms with Crippen LogP contribution in [0.5, 0.6) is 5.75 Å². The van der Waals surface area contributed by atoms with Crippen LogP contribution in [0.3, 0.4) is 0 Å². The maximum absolute atomic E-state index is 5.38. The lowest BCUT2D eigenvalue weighted by Crippen LogP contribution is -2.01. The van der Waals surface area contributed by atoms with E-state index in [4.69, 9.17) is 9.26 Å². The fourth-order valence-corrected chi connectivity index (χ4v) is 3.65. The van der Waals surface area contributed by atoms with Gasteiger partial charge in [-0.3, -0.25) is 0 Å². The van der Waals surface area contributed by atoms with E-state index >= 15 is 0 Å². The Kier molecular flexibility index (Phi) is 5.90. The van der Waals surface area contributed by atoms with Crippen LogP contribution in [-0.2, 0) is 25.6 Å². The molecule has 0 amide bonds. The summed E-state index contributed by atoms with van der Waals surface area (Å²) in [6.45, 7) is 0. The summed E-state index contributed by atoms with van der Waals surface area (Å²) in [5, 5.41) is 13.5. The van der Waals surface area contributed by atoms with Gasteiger partial charge in [-0.25, -0.2) is 0 Å². The van der Waals surface area contributed by atoms with E-state index in [1.165, 1.54) is 17.3 Å². The predicted octanol–water partition coefficient (Wildman–Crippen LogP) is 3.95. The Labute approximate surface area is 173 Å². The molecule has 0 N–H and O–H groups in total. The van der Waals surface area contributed by atoms with Gasteiger partial charge in [-0.1, -0.05) is 47.3 Å². The Morgan fingerprint density at radius 3 is 2.55 bits per heavy atom. The smallest absolute Gasteiger partial charge is 0.237 e. The first-order valence-corrected chi connectivity index (χ1v) is 10.2. The second-order valence-corrected chi connectivity index (χ2v) is 7.41. The van der Waals surface area contributed by atoms with E-state index in [0.717, 1.165) is 35.1 Å². The fourth-order valence-electron chi connectivity index (χ4n) is 2.89. The highest BCUT2D eigenvalue weighted by molar-refractivity contribution is 7.98. The lowest BCUT2D eigenvalue weighted by Gasteiger charge is -2.03. The lowest BCUT2D eigenvalue weighted by atomic mass is 10.1. The van der Waals surface area contributed by atoms with Gasteiger partial charge in [0.2, 0.25) is 11.7 Å². The highest BCUT2D eigenvalue weighted by atomic mass is 32.2. The minimum atomic E-state index is 0.536. The molecule has 29 heavy (non-hydrogen) atoms. The molecule has 0 fully saturated rings. The summed E-state index contributed by atoms with van der Waals surface area (Å²) < 4.78 is 12.6. The summed E-state index contributed by atoms with van der Waals surface area (Å²) in [5.74, 6) is 3.40. The molecule has 2 heterocycles. The van der Waals surface area contributed by atoms with Gasteiger partial charge < -0.3 is 13.8 Å². The summed E-state index contributed by atoms with van der Waals surface area (Å²) in [7, 11) is 3.62. The molecule has 0 spiro atoms. The zero-order valence-electron chi connectivity index (χ0n) is 16.3. The van der Waals surface area contributed by atoms with Gasteiger partial charge >= 0.3 is 0 Å². The second-order valence-electron chi connectivity index (χ2n) is 6.47. The zero-order valence-corrected chi connectivity index (χ0v) is 17.1. The van der Waals surface area contributed by atoms with Gasteiger partial charge in [-0.05, 0) is 36.2 Å². The Hall–Kier alpha value is -3.13. The molecular weight excluding hydrogens is 386 g/mol. The van der Waals surface area contributed by atoms with Crippen molar-refractivity contribution in [1.82, 2.24) is 24.9 Å². The van der Waals surface area contributed by atoms with E-state index in [0.29, 0.717) is 17.5 Å². The highest BCUT2D eigenvalue weighted by Crippen LogP contribution is 2.24. The molecule has 7 nitrogen and oxygen atoms in total. The maximum Gasteiger partial charge on any atom is 0.237 e. The van der Waals surface area contributed by atoms with Crippen LogP contribution in [0.25, 0.3) is 11.4 Å². The minimum absolute atomic E-state index is 0.536. The van der Waals surface area contributed by atoms with Crippen molar-refractivity contribution in [2.45, 2.75) is 23.8 Å². The SMILES string of the molecule is COc1ccc(-c2noc(CSc3nnc(CCc4ccccc4)n3C)n2)cc1. The normalized spacial score (nSPS) is 11.0. The number of thioether (sulfide) groups is 1. The van der Waals surface area contributed by atoms with E-state index in [9.17, 15) is 0 Å². The number of nitrogens with zero attached hydrogens (tertiary/aromatic N) is 5. The van der Waals surface area contributed by atoms with Gasteiger partial charge in [-0.15, -0.1) is 10.2 Å². The van der Waals surface area contributed by atoms with Crippen molar-refractivity contribution >= 4 is 11.8 Å². The Morgan fingerprint density at radius 1 is 1.00 bits per heavy atom. The third kappa shape index (κ3) is 4.65. The largest absolute Gasteiger partial charge is 0.497 e. The standard InChI is InChI=1S/C21H21N5O2S/c1-26-18(13-8-15-6-4-3-5-7-15)23-24-21(26)29-14-19-22-20(25-28-19)16-9-11-17(27-2)12-10-16/h3-7,9-12H,8,13-14H2,1-2H3.